The highest BCUT2D eigenvalue weighted by Crippen LogP contribution is 2.43. The molecule has 0 aliphatic heterocycles. The van der Waals surface area contributed by atoms with Crippen molar-refractivity contribution in [1.82, 2.24) is 14.8 Å². The predicted octanol–water partition coefficient (Wildman–Crippen LogP) is 7.54. The molecule has 3 aromatic heterocycles. The summed E-state index contributed by atoms with van der Waals surface area (Å²) < 4.78 is 55.0. The molecular weight excluding hydrogens is 619 g/mol. The van der Waals surface area contributed by atoms with Crippen LogP contribution in [0.2, 0.25) is 0 Å². The van der Waals surface area contributed by atoms with E-state index in [0.717, 1.165) is 9.86 Å². The van der Waals surface area contributed by atoms with Crippen LogP contribution in [0.25, 0.3) is 27.8 Å². The Kier molecular flexibility index (Phi) is 5.72. The molecule has 0 saturated carbocycles. The van der Waals surface area contributed by atoms with Gasteiger partial charge in [-0.2, -0.15) is 18.3 Å². The molecule has 5 aromatic rings. The molecule has 0 unspecified atom stereocenters. The molecule has 0 radical (unpaired) electrons. The van der Waals surface area contributed by atoms with Crippen molar-refractivity contribution in [3.05, 3.63) is 92.5 Å². The second-order valence-corrected chi connectivity index (χ2v) is 10.1. The summed E-state index contributed by atoms with van der Waals surface area (Å²) in [5.41, 5.74) is 1.20. The van der Waals surface area contributed by atoms with Gasteiger partial charge >= 0.3 is 12.1 Å². The normalized spacial score (nSPS) is 12.9. The van der Waals surface area contributed by atoms with Gasteiger partial charge in [-0.05, 0) is 64.8 Å². The lowest BCUT2D eigenvalue weighted by Gasteiger charge is -2.15. The van der Waals surface area contributed by atoms with Crippen LogP contribution in [-0.4, -0.2) is 20.7 Å². The second kappa shape index (κ2) is 8.84. The molecule has 6 rings (SSSR count). The summed E-state index contributed by atoms with van der Waals surface area (Å²) in [6, 6.07) is 13.1. The van der Waals surface area contributed by atoms with Crippen LogP contribution in [0.5, 0.6) is 5.75 Å². The number of pyridine rings is 1. The Morgan fingerprint density at radius 3 is 2.59 bits per heavy atom. The molecule has 0 fully saturated rings. The van der Waals surface area contributed by atoms with E-state index in [1.54, 1.807) is 24.4 Å². The fourth-order valence-electron chi connectivity index (χ4n) is 4.50. The van der Waals surface area contributed by atoms with E-state index in [1.807, 2.05) is 6.07 Å². The first-order valence-corrected chi connectivity index (χ1v) is 12.6. The lowest BCUT2D eigenvalue weighted by Crippen LogP contribution is -2.11. The Balaban J connectivity index is 1.36. The van der Waals surface area contributed by atoms with Crippen molar-refractivity contribution >= 4 is 48.7 Å². The minimum atomic E-state index is -4.60. The Morgan fingerprint density at radius 1 is 1.05 bits per heavy atom. The number of alkyl halides is 3. The molecule has 0 bridgehead atoms. The highest BCUT2D eigenvalue weighted by molar-refractivity contribution is 9.11. The first-order chi connectivity index (χ1) is 17.7. The minimum absolute atomic E-state index is 0.129. The van der Waals surface area contributed by atoms with E-state index >= 15 is 0 Å². The first kappa shape index (κ1) is 23.9. The molecule has 0 saturated heterocycles. The number of hydrogen-bond acceptors (Lipinski definition) is 5. The topological polar surface area (TPSA) is 70.2 Å². The smallest absolute Gasteiger partial charge is 0.435 e. The summed E-state index contributed by atoms with van der Waals surface area (Å²) in [5, 5.41) is 4.69. The predicted molar refractivity (Wildman–Crippen MR) is 136 cm³/mol. The zero-order valence-corrected chi connectivity index (χ0v) is 21.8. The zero-order valence-electron chi connectivity index (χ0n) is 18.6. The number of esters is 1. The summed E-state index contributed by atoms with van der Waals surface area (Å²) >= 11 is 6.89. The van der Waals surface area contributed by atoms with Gasteiger partial charge in [-0.15, -0.1) is 0 Å². The quantitative estimate of drug-likeness (QED) is 0.152. The van der Waals surface area contributed by atoms with E-state index in [0.29, 0.717) is 39.1 Å². The van der Waals surface area contributed by atoms with Crippen LogP contribution in [-0.2, 0) is 19.0 Å². The van der Waals surface area contributed by atoms with Gasteiger partial charge in [-0.25, -0.2) is 9.48 Å². The molecule has 1 aliphatic rings. The second-order valence-electron chi connectivity index (χ2n) is 8.35. The van der Waals surface area contributed by atoms with Crippen LogP contribution in [0, 0.1) is 0 Å². The molecule has 0 N–H and O–H groups in total. The monoisotopic (exact) mass is 631 g/mol. The van der Waals surface area contributed by atoms with E-state index < -0.39 is 17.8 Å². The number of hydrogen-bond donors (Lipinski definition) is 0. The molecule has 0 amide bonds. The maximum atomic E-state index is 13.8. The number of nitrogens with zero attached hydrogens (tertiary/aromatic N) is 3. The molecule has 3 heterocycles. The molecule has 1 aliphatic carbocycles. The third-order valence-electron chi connectivity index (χ3n) is 6.15. The van der Waals surface area contributed by atoms with E-state index in [-0.39, 0.29) is 23.3 Å². The van der Waals surface area contributed by atoms with E-state index in [1.165, 1.54) is 35.2 Å². The summed E-state index contributed by atoms with van der Waals surface area (Å²) in [5.74, 6) is 0.233. The lowest BCUT2D eigenvalue weighted by atomic mass is 9.94. The number of aryl methyl sites for hydroxylation is 1. The van der Waals surface area contributed by atoms with Gasteiger partial charge < -0.3 is 9.15 Å². The van der Waals surface area contributed by atoms with Gasteiger partial charge in [-0.1, -0.05) is 22.0 Å². The third kappa shape index (κ3) is 4.06. The maximum absolute atomic E-state index is 13.8. The molecule has 186 valence electrons. The number of carbonyl (C=O) groups is 1. The van der Waals surface area contributed by atoms with Crippen molar-refractivity contribution in [2.45, 2.75) is 19.0 Å². The zero-order chi connectivity index (χ0) is 25.9. The average molecular weight is 633 g/mol. The Hall–Kier alpha value is -3.44. The van der Waals surface area contributed by atoms with Crippen LogP contribution in [0.15, 0.2) is 74.4 Å². The number of furan rings is 1. The fourth-order valence-corrected chi connectivity index (χ4v) is 5.85. The van der Waals surface area contributed by atoms with E-state index in [2.05, 4.69) is 41.9 Å². The van der Waals surface area contributed by atoms with Crippen LogP contribution in [0.4, 0.5) is 13.2 Å². The van der Waals surface area contributed by atoms with Crippen LogP contribution in [0.1, 0.15) is 27.4 Å². The molecule has 6 nitrogen and oxygen atoms in total. The standard InChI is InChI=1S/C26H14Br2F3N3O3/c27-18-12-19(28)23(21-15(18)2-1-10-32-21)37-25(35)13-3-5-14(6-4-13)34-22-16-9-11-36-20(16)8-7-17(22)24(33-34)26(29,30)31/h1-6,9-12H,7-8H2. The SMILES string of the molecule is O=C(Oc1c(Br)cc(Br)c2cccnc12)c1ccc(-n2nc(C(F)(F)F)c3c2-c2ccoc2CC3)cc1. The van der Waals surface area contributed by atoms with Crippen molar-refractivity contribution in [3.8, 4) is 22.7 Å². The van der Waals surface area contributed by atoms with Gasteiger partial charge in [0.2, 0.25) is 0 Å². The number of fused-ring (bicyclic) bond motifs is 4. The average Bonchev–Trinajstić information content (AvgIpc) is 3.51. The van der Waals surface area contributed by atoms with Crippen molar-refractivity contribution in [2.24, 2.45) is 0 Å². The van der Waals surface area contributed by atoms with Crippen LogP contribution >= 0.6 is 31.9 Å². The van der Waals surface area contributed by atoms with Crippen molar-refractivity contribution < 1.29 is 27.1 Å². The Labute approximate surface area is 224 Å². The van der Waals surface area contributed by atoms with Crippen molar-refractivity contribution in [3.63, 3.8) is 0 Å². The van der Waals surface area contributed by atoms with Gasteiger partial charge in [0, 0.05) is 33.6 Å². The van der Waals surface area contributed by atoms with Gasteiger partial charge in [-0.3, -0.25) is 4.98 Å². The number of carbonyl (C=O) groups excluding carboxylic acids is 1. The van der Waals surface area contributed by atoms with Gasteiger partial charge in [0.15, 0.2) is 11.4 Å². The summed E-state index contributed by atoms with van der Waals surface area (Å²) in [4.78, 5) is 17.3. The summed E-state index contributed by atoms with van der Waals surface area (Å²) in [7, 11) is 0. The number of rotatable bonds is 3. The van der Waals surface area contributed by atoms with Crippen molar-refractivity contribution in [2.75, 3.05) is 0 Å². The number of benzene rings is 2. The van der Waals surface area contributed by atoms with Gasteiger partial charge in [0.25, 0.3) is 0 Å². The molecule has 0 atom stereocenters. The maximum Gasteiger partial charge on any atom is 0.435 e. The number of halogens is 5. The fraction of sp³-hybridized carbons (Fsp3) is 0.115. The van der Waals surface area contributed by atoms with Gasteiger partial charge in [0.1, 0.15) is 11.3 Å². The molecule has 2 aromatic carbocycles. The van der Waals surface area contributed by atoms with E-state index in [4.69, 9.17) is 9.15 Å². The van der Waals surface area contributed by atoms with Crippen LogP contribution in [0.3, 0.4) is 0 Å². The lowest BCUT2D eigenvalue weighted by molar-refractivity contribution is -0.142. The molecule has 0 spiro atoms. The minimum Gasteiger partial charge on any atom is -0.469 e. The number of aromatic nitrogens is 3. The molecule has 37 heavy (non-hydrogen) atoms. The molecular formula is C26H14Br2F3N3O3. The Bertz CT molecular complexity index is 1690. The summed E-state index contributed by atoms with van der Waals surface area (Å²) in [6.45, 7) is 0. The number of ether oxygens (including phenoxy) is 1. The van der Waals surface area contributed by atoms with E-state index in [9.17, 15) is 18.0 Å². The van der Waals surface area contributed by atoms with Crippen molar-refractivity contribution in [1.29, 1.82) is 0 Å². The molecule has 11 heteroatoms. The third-order valence-corrected chi connectivity index (χ3v) is 7.39. The van der Waals surface area contributed by atoms with Crippen LogP contribution < -0.4 is 4.74 Å². The first-order valence-electron chi connectivity index (χ1n) is 11.0. The highest BCUT2D eigenvalue weighted by atomic mass is 79.9. The largest absolute Gasteiger partial charge is 0.469 e. The highest BCUT2D eigenvalue weighted by Gasteiger charge is 2.41. The van der Waals surface area contributed by atoms with Gasteiger partial charge in [0.05, 0.1) is 27.7 Å². The summed E-state index contributed by atoms with van der Waals surface area (Å²) in [6.07, 6.45) is -1.01. The Morgan fingerprint density at radius 2 is 1.84 bits per heavy atom.